The lowest BCUT2D eigenvalue weighted by atomic mass is 10.0. The second kappa shape index (κ2) is 12.0. The summed E-state index contributed by atoms with van der Waals surface area (Å²) in [7, 11) is 0. The third-order valence-corrected chi connectivity index (χ3v) is 5.42. The number of rotatable bonds is 8. The van der Waals surface area contributed by atoms with Gasteiger partial charge in [-0.1, -0.05) is 71.0 Å². The average Bonchev–Trinajstić information content (AvgIpc) is 2.97. The van der Waals surface area contributed by atoms with Gasteiger partial charge in [-0.05, 0) is 54.4 Å². The number of carbonyl (C=O) groups is 2. The van der Waals surface area contributed by atoms with Gasteiger partial charge in [-0.2, -0.15) is 0 Å². The van der Waals surface area contributed by atoms with Crippen molar-refractivity contribution in [2.24, 2.45) is 10.3 Å². The number of non-ortho nitro benzene ring substituents is 1. The summed E-state index contributed by atoms with van der Waals surface area (Å²) in [6.45, 7) is 1.57. The SMILES string of the molecule is CC(=N\OC(=O)c1ccccc1)/C(=N\OC(=O)c1ccccc1)c1ccc(-c2ccc([N+](=O)[O-])cc2)cc1. The van der Waals surface area contributed by atoms with Gasteiger partial charge in [0.15, 0.2) is 0 Å². The highest BCUT2D eigenvalue weighted by Crippen LogP contribution is 2.23. The van der Waals surface area contributed by atoms with Crippen LogP contribution in [0.5, 0.6) is 0 Å². The van der Waals surface area contributed by atoms with Crippen LogP contribution in [0.4, 0.5) is 5.69 Å². The van der Waals surface area contributed by atoms with Crippen LogP contribution in [0, 0.1) is 10.1 Å². The van der Waals surface area contributed by atoms with E-state index in [0.717, 1.165) is 11.1 Å². The number of nitro benzene ring substituents is 1. The second-order valence-electron chi connectivity index (χ2n) is 7.99. The van der Waals surface area contributed by atoms with Gasteiger partial charge in [0.2, 0.25) is 0 Å². The lowest BCUT2D eigenvalue weighted by molar-refractivity contribution is -0.384. The first-order valence-corrected chi connectivity index (χ1v) is 11.4. The van der Waals surface area contributed by atoms with Crippen molar-refractivity contribution in [2.75, 3.05) is 0 Å². The van der Waals surface area contributed by atoms with Crippen LogP contribution in [-0.2, 0) is 9.68 Å². The van der Waals surface area contributed by atoms with Gasteiger partial charge in [0.05, 0.1) is 16.1 Å². The number of oxime groups is 2. The van der Waals surface area contributed by atoms with Crippen molar-refractivity contribution in [3.63, 3.8) is 0 Å². The van der Waals surface area contributed by atoms with Gasteiger partial charge in [-0.25, -0.2) is 9.59 Å². The topological polar surface area (TPSA) is 120 Å². The van der Waals surface area contributed by atoms with Crippen LogP contribution >= 0.6 is 0 Å². The summed E-state index contributed by atoms with van der Waals surface area (Å²) in [5, 5.41) is 18.9. The highest BCUT2D eigenvalue weighted by Gasteiger charge is 2.15. The molecule has 0 radical (unpaired) electrons. The van der Waals surface area contributed by atoms with E-state index in [1.165, 1.54) is 12.1 Å². The first-order chi connectivity index (χ1) is 18.4. The van der Waals surface area contributed by atoms with E-state index < -0.39 is 16.9 Å². The third kappa shape index (κ3) is 6.41. The molecule has 0 saturated carbocycles. The number of carbonyl (C=O) groups excluding carboxylic acids is 2. The van der Waals surface area contributed by atoms with Gasteiger partial charge in [-0.3, -0.25) is 10.1 Å². The molecule has 9 heteroatoms. The highest BCUT2D eigenvalue weighted by atomic mass is 16.7. The van der Waals surface area contributed by atoms with Crippen molar-refractivity contribution >= 4 is 29.0 Å². The van der Waals surface area contributed by atoms with Crippen LogP contribution in [0.1, 0.15) is 33.2 Å². The van der Waals surface area contributed by atoms with Gasteiger partial charge < -0.3 is 9.68 Å². The smallest absolute Gasteiger partial charge is 0.312 e. The Morgan fingerprint density at radius 2 is 1.08 bits per heavy atom. The van der Waals surface area contributed by atoms with Crippen LogP contribution < -0.4 is 0 Å². The first-order valence-electron chi connectivity index (χ1n) is 11.4. The van der Waals surface area contributed by atoms with E-state index in [0.29, 0.717) is 16.7 Å². The Labute approximate surface area is 217 Å². The molecule has 188 valence electrons. The maximum Gasteiger partial charge on any atom is 0.365 e. The molecule has 0 heterocycles. The molecule has 4 aromatic rings. The van der Waals surface area contributed by atoms with Gasteiger partial charge in [0.1, 0.15) is 11.4 Å². The van der Waals surface area contributed by atoms with Crippen molar-refractivity contribution in [3.05, 3.63) is 136 Å². The second-order valence-corrected chi connectivity index (χ2v) is 7.99. The molecule has 9 nitrogen and oxygen atoms in total. The Kier molecular flexibility index (Phi) is 8.10. The molecule has 4 aromatic carbocycles. The van der Waals surface area contributed by atoms with Crippen LogP contribution in [0.3, 0.4) is 0 Å². The fourth-order valence-corrected chi connectivity index (χ4v) is 3.42. The lowest BCUT2D eigenvalue weighted by Gasteiger charge is -2.08. The number of benzene rings is 4. The van der Waals surface area contributed by atoms with E-state index in [-0.39, 0.29) is 17.1 Å². The predicted molar refractivity (Wildman–Crippen MR) is 142 cm³/mol. The van der Waals surface area contributed by atoms with Gasteiger partial charge >= 0.3 is 11.9 Å². The van der Waals surface area contributed by atoms with Crippen LogP contribution in [0.2, 0.25) is 0 Å². The van der Waals surface area contributed by atoms with E-state index in [9.17, 15) is 19.7 Å². The molecule has 0 bridgehead atoms. The summed E-state index contributed by atoms with van der Waals surface area (Å²) < 4.78 is 0. The van der Waals surface area contributed by atoms with Crippen molar-refractivity contribution in [1.29, 1.82) is 0 Å². The predicted octanol–water partition coefficient (Wildman–Crippen LogP) is 6.06. The van der Waals surface area contributed by atoms with Gasteiger partial charge in [0.25, 0.3) is 5.69 Å². The van der Waals surface area contributed by atoms with Crippen molar-refractivity contribution < 1.29 is 24.2 Å². The molecule has 0 fully saturated rings. The molecule has 38 heavy (non-hydrogen) atoms. The average molecular weight is 508 g/mol. The largest absolute Gasteiger partial charge is 0.365 e. The Morgan fingerprint density at radius 1 is 0.632 bits per heavy atom. The van der Waals surface area contributed by atoms with E-state index >= 15 is 0 Å². The molecule has 4 rings (SSSR count). The molecular formula is C29H21N3O6. The summed E-state index contributed by atoms with van der Waals surface area (Å²) in [6.07, 6.45) is 0. The number of hydrogen-bond donors (Lipinski definition) is 0. The summed E-state index contributed by atoms with van der Waals surface area (Å²) in [5.74, 6) is -1.32. The Bertz CT molecular complexity index is 1500. The molecule has 0 atom stereocenters. The summed E-state index contributed by atoms with van der Waals surface area (Å²) in [4.78, 5) is 45.5. The summed E-state index contributed by atoms with van der Waals surface area (Å²) >= 11 is 0. The maximum atomic E-state index is 12.5. The molecule has 0 aromatic heterocycles. The molecular weight excluding hydrogens is 486 g/mol. The van der Waals surface area contributed by atoms with Crippen molar-refractivity contribution in [2.45, 2.75) is 6.92 Å². The quantitative estimate of drug-likeness (QED) is 0.124. The van der Waals surface area contributed by atoms with E-state index in [1.807, 2.05) is 0 Å². The molecule has 0 saturated heterocycles. The minimum absolute atomic E-state index is 0.00286. The van der Waals surface area contributed by atoms with Crippen LogP contribution in [0.15, 0.2) is 120 Å². The van der Waals surface area contributed by atoms with Gasteiger partial charge in [0, 0.05) is 17.7 Å². The fourth-order valence-electron chi connectivity index (χ4n) is 3.42. The normalized spacial score (nSPS) is 11.5. The van der Waals surface area contributed by atoms with E-state index in [4.69, 9.17) is 9.68 Å². The highest BCUT2D eigenvalue weighted by molar-refractivity contribution is 6.47. The minimum Gasteiger partial charge on any atom is -0.312 e. The van der Waals surface area contributed by atoms with Crippen LogP contribution in [-0.4, -0.2) is 28.3 Å². The molecule has 0 aliphatic rings. The van der Waals surface area contributed by atoms with E-state index in [1.54, 1.807) is 104 Å². The zero-order chi connectivity index (χ0) is 26.9. The Balaban J connectivity index is 1.61. The lowest BCUT2D eigenvalue weighted by Crippen LogP contribution is -2.16. The number of hydrogen-bond acceptors (Lipinski definition) is 8. The molecule has 0 aliphatic carbocycles. The number of nitrogens with zero attached hydrogens (tertiary/aromatic N) is 3. The first kappa shape index (κ1) is 25.6. The molecule has 0 unspecified atom stereocenters. The fraction of sp³-hybridized carbons (Fsp3) is 0.0345. The van der Waals surface area contributed by atoms with Gasteiger partial charge in [-0.15, -0.1) is 0 Å². The zero-order valence-electron chi connectivity index (χ0n) is 20.2. The minimum atomic E-state index is -0.667. The van der Waals surface area contributed by atoms with Crippen molar-refractivity contribution in [1.82, 2.24) is 0 Å². The Hall–Kier alpha value is -5.44. The standard InChI is InChI=1S/C29H21N3O6/c1-20(30-37-28(33)24-8-4-2-5-9-24)27(31-38-29(34)25-10-6-3-7-11-25)23-14-12-21(13-15-23)22-16-18-26(19-17-22)32(35)36/h2-19H,1H3/b30-20+,31-27+. The zero-order valence-corrected chi connectivity index (χ0v) is 20.2. The maximum absolute atomic E-state index is 12.5. The van der Waals surface area contributed by atoms with Crippen molar-refractivity contribution in [3.8, 4) is 11.1 Å². The Morgan fingerprint density at radius 3 is 1.55 bits per heavy atom. The monoisotopic (exact) mass is 507 g/mol. The van der Waals surface area contributed by atoms with E-state index in [2.05, 4.69) is 10.3 Å². The van der Waals surface area contributed by atoms with Crippen LogP contribution in [0.25, 0.3) is 11.1 Å². The summed E-state index contributed by atoms with van der Waals surface area (Å²) in [5.41, 5.74) is 3.11. The molecule has 0 spiro atoms. The molecule has 0 aliphatic heterocycles. The molecule has 0 N–H and O–H groups in total. The number of nitro groups is 1. The molecule has 0 amide bonds. The third-order valence-electron chi connectivity index (χ3n) is 5.42. The summed E-state index contributed by atoms with van der Waals surface area (Å²) in [6, 6.07) is 29.9.